The zero-order chi connectivity index (χ0) is 15.1. The number of carbonyl (C=O) groups excluding carboxylic acids is 1. The van der Waals surface area contributed by atoms with Crippen molar-refractivity contribution < 1.29 is 9.21 Å². The highest BCUT2D eigenvalue weighted by molar-refractivity contribution is 5.84. The second-order valence-corrected chi connectivity index (χ2v) is 4.80. The minimum atomic E-state index is -0.0382. The van der Waals surface area contributed by atoms with Crippen molar-refractivity contribution in [3.8, 4) is 0 Å². The van der Waals surface area contributed by atoms with Gasteiger partial charge in [-0.25, -0.2) is 4.99 Å². The third-order valence-corrected chi connectivity index (χ3v) is 2.76. The van der Waals surface area contributed by atoms with Gasteiger partial charge in [-0.3, -0.25) is 4.79 Å². The van der Waals surface area contributed by atoms with Gasteiger partial charge in [0.2, 0.25) is 5.91 Å². The molecule has 1 aromatic heterocycles. The fraction of sp³-hybridized carbons (Fsp3) is 0.571. The second kappa shape index (κ2) is 7.57. The van der Waals surface area contributed by atoms with Gasteiger partial charge in [-0.15, -0.1) is 0 Å². The number of carbonyl (C=O) groups is 1. The maximum atomic E-state index is 11.6. The molecule has 0 saturated heterocycles. The van der Waals surface area contributed by atoms with Crippen molar-refractivity contribution in [1.29, 1.82) is 0 Å². The Hall–Kier alpha value is -1.98. The highest BCUT2D eigenvalue weighted by atomic mass is 16.3. The van der Waals surface area contributed by atoms with Crippen LogP contribution in [0.2, 0.25) is 0 Å². The van der Waals surface area contributed by atoms with Gasteiger partial charge in [-0.2, -0.15) is 0 Å². The van der Waals surface area contributed by atoms with Gasteiger partial charge in [-0.1, -0.05) is 0 Å². The van der Waals surface area contributed by atoms with Crippen molar-refractivity contribution in [3.05, 3.63) is 23.7 Å². The summed E-state index contributed by atoms with van der Waals surface area (Å²) in [7, 11) is 3.43. The molecule has 6 nitrogen and oxygen atoms in total. The average Bonchev–Trinajstić information content (AvgIpc) is 2.82. The van der Waals surface area contributed by atoms with Crippen LogP contribution < -0.4 is 10.6 Å². The summed E-state index contributed by atoms with van der Waals surface area (Å²) in [6.07, 6.45) is 0. The number of furan rings is 1. The van der Waals surface area contributed by atoms with Crippen molar-refractivity contribution in [2.24, 2.45) is 4.99 Å². The van der Waals surface area contributed by atoms with Crippen LogP contribution >= 0.6 is 0 Å². The average molecular weight is 280 g/mol. The lowest BCUT2D eigenvalue weighted by atomic mass is 10.2. The summed E-state index contributed by atoms with van der Waals surface area (Å²) in [5.74, 6) is 2.28. The molecule has 1 unspecified atom stereocenters. The normalized spacial score (nSPS) is 12.9. The third kappa shape index (κ3) is 4.95. The van der Waals surface area contributed by atoms with Crippen LogP contribution in [0.25, 0.3) is 0 Å². The van der Waals surface area contributed by atoms with E-state index in [0.717, 1.165) is 18.1 Å². The molecule has 6 heteroatoms. The fourth-order valence-electron chi connectivity index (χ4n) is 1.57. The van der Waals surface area contributed by atoms with Gasteiger partial charge in [-0.05, 0) is 32.9 Å². The van der Waals surface area contributed by atoms with E-state index in [2.05, 4.69) is 15.6 Å². The Bertz CT molecular complexity index is 465. The standard InChI is InChI=1S/C14H24N4O2/c1-6-15-14(16-9-13(19)18(4)5)17-11(3)12-8-7-10(2)20-12/h7-8,11H,6,9H2,1-5H3,(H2,15,16,17). The lowest BCUT2D eigenvalue weighted by Gasteiger charge is -2.16. The lowest BCUT2D eigenvalue weighted by Crippen LogP contribution is -2.39. The molecule has 1 amide bonds. The molecule has 0 spiro atoms. The third-order valence-electron chi connectivity index (χ3n) is 2.76. The summed E-state index contributed by atoms with van der Waals surface area (Å²) >= 11 is 0. The molecule has 0 fully saturated rings. The SMILES string of the molecule is CCNC(=NCC(=O)N(C)C)NC(C)c1ccc(C)o1. The van der Waals surface area contributed by atoms with E-state index in [1.807, 2.05) is 32.9 Å². The summed E-state index contributed by atoms with van der Waals surface area (Å²) in [6, 6.07) is 3.84. The number of aryl methyl sites for hydroxylation is 1. The molecule has 1 heterocycles. The number of nitrogens with one attached hydrogen (secondary N) is 2. The Morgan fingerprint density at radius 3 is 2.65 bits per heavy atom. The molecule has 0 saturated carbocycles. The van der Waals surface area contributed by atoms with E-state index in [-0.39, 0.29) is 18.5 Å². The first-order chi connectivity index (χ1) is 9.43. The summed E-state index contributed by atoms with van der Waals surface area (Å²) in [6.45, 7) is 6.72. The minimum Gasteiger partial charge on any atom is -0.464 e. The summed E-state index contributed by atoms with van der Waals surface area (Å²) in [5.41, 5.74) is 0. The zero-order valence-corrected chi connectivity index (χ0v) is 12.9. The van der Waals surface area contributed by atoms with Crippen LogP contribution in [0.15, 0.2) is 21.5 Å². The first-order valence-electron chi connectivity index (χ1n) is 6.75. The highest BCUT2D eigenvalue weighted by Crippen LogP contribution is 2.15. The molecule has 0 radical (unpaired) electrons. The first kappa shape index (κ1) is 16.1. The fourth-order valence-corrected chi connectivity index (χ4v) is 1.57. The Labute approximate surface area is 120 Å². The number of nitrogens with zero attached hydrogens (tertiary/aromatic N) is 2. The molecule has 20 heavy (non-hydrogen) atoms. The first-order valence-corrected chi connectivity index (χ1v) is 6.75. The summed E-state index contributed by atoms with van der Waals surface area (Å²) < 4.78 is 5.57. The van der Waals surface area contributed by atoms with Gasteiger partial charge in [0, 0.05) is 20.6 Å². The number of amides is 1. The molecule has 1 atom stereocenters. The topological polar surface area (TPSA) is 69.9 Å². The van der Waals surface area contributed by atoms with Crippen LogP contribution in [-0.2, 0) is 4.79 Å². The van der Waals surface area contributed by atoms with E-state index in [0.29, 0.717) is 5.96 Å². The molecule has 1 rings (SSSR count). The van der Waals surface area contributed by atoms with Crippen molar-refractivity contribution in [3.63, 3.8) is 0 Å². The van der Waals surface area contributed by atoms with E-state index in [4.69, 9.17) is 4.42 Å². The van der Waals surface area contributed by atoms with Gasteiger partial charge < -0.3 is 20.0 Å². The summed E-state index contributed by atoms with van der Waals surface area (Å²) in [5, 5.41) is 6.33. The number of hydrogen-bond acceptors (Lipinski definition) is 3. The van der Waals surface area contributed by atoms with Crippen LogP contribution in [0.3, 0.4) is 0 Å². The van der Waals surface area contributed by atoms with Gasteiger partial charge in [0.1, 0.15) is 18.1 Å². The Morgan fingerprint density at radius 2 is 2.15 bits per heavy atom. The van der Waals surface area contributed by atoms with Crippen LogP contribution in [-0.4, -0.2) is 44.0 Å². The zero-order valence-electron chi connectivity index (χ0n) is 12.9. The Balaban J connectivity index is 2.66. The molecule has 0 aliphatic heterocycles. The van der Waals surface area contributed by atoms with E-state index < -0.39 is 0 Å². The number of aliphatic imine (C=N–C) groups is 1. The van der Waals surface area contributed by atoms with Gasteiger partial charge in [0.05, 0.1) is 6.04 Å². The predicted octanol–water partition coefficient (Wildman–Crippen LogP) is 1.29. The van der Waals surface area contributed by atoms with Gasteiger partial charge >= 0.3 is 0 Å². The molecule has 1 aromatic rings. The van der Waals surface area contributed by atoms with E-state index in [1.165, 1.54) is 4.90 Å². The minimum absolute atomic E-state index is 0.0176. The summed E-state index contributed by atoms with van der Waals surface area (Å²) in [4.78, 5) is 17.3. The van der Waals surface area contributed by atoms with E-state index >= 15 is 0 Å². The molecule has 0 aliphatic rings. The second-order valence-electron chi connectivity index (χ2n) is 4.80. The van der Waals surface area contributed by atoms with Gasteiger partial charge in [0.25, 0.3) is 0 Å². The Kier molecular flexibility index (Phi) is 6.09. The maximum absolute atomic E-state index is 11.6. The molecular weight excluding hydrogens is 256 g/mol. The predicted molar refractivity (Wildman–Crippen MR) is 79.7 cm³/mol. The smallest absolute Gasteiger partial charge is 0.243 e. The molecule has 112 valence electrons. The molecule has 2 N–H and O–H groups in total. The number of hydrogen-bond donors (Lipinski definition) is 2. The maximum Gasteiger partial charge on any atom is 0.243 e. The van der Waals surface area contributed by atoms with Crippen molar-refractivity contribution in [2.45, 2.75) is 26.8 Å². The van der Waals surface area contributed by atoms with Crippen LogP contribution in [0.1, 0.15) is 31.4 Å². The molecule has 0 aliphatic carbocycles. The number of likely N-dealkylation sites (N-methyl/N-ethyl adjacent to an activating group) is 1. The Morgan fingerprint density at radius 1 is 1.45 bits per heavy atom. The van der Waals surface area contributed by atoms with Crippen molar-refractivity contribution in [2.75, 3.05) is 27.2 Å². The van der Waals surface area contributed by atoms with Crippen LogP contribution in [0.4, 0.5) is 0 Å². The quantitative estimate of drug-likeness (QED) is 0.630. The van der Waals surface area contributed by atoms with Crippen LogP contribution in [0, 0.1) is 6.92 Å². The molecule has 0 aromatic carbocycles. The van der Waals surface area contributed by atoms with E-state index in [9.17, 15) is 4.79 Å². The van der Waals surface area contributed by atoms with Crippen molar-refractivity contribution >= 4 is 11.9 Å². The largest absolute Gasteiger partial charge is 0.464 e. The monoisotopic (exact) mass is 280 g/mol. The molecular formula is C14H24N4O2. The van der Waals surface area contributed by atoms with E-state index in [1.54, 1.807) is 14.1 Å². The highest BCUT2D eigenvalue weighted by Gasteiger charge is 2.11. The number of rotatable bonds is 5. The number of guanidine groups is 1. The lowest BCUT2D eigenvalue weighted by molar-refractivity contribution is -0.127. The van der Waals surface area contributed by atoms with Crippen LogP contribution in [0.5, 0.6) is 0 Å². The molecule has 0 bridgehead atoms. The van der Waals surface area contributed by atoms with Gasteiger partial charge in [0.15, 0.2) is 5.96 Å². The van der Waals surface area contributed by atoms with Crippen molar-refractivity contribution in [1.82, 2.24) is 15.5 Å².